The summed E-state index contributed by atoms with van der Waals surface area (Å²) >= 11 is 6.04. The van der Waals surface area contributed by atoms with Crippen LogP contribution in [0.1, 0.15) is 16.5 Å². The summed E-state index contributed by atoms with van der Waals surface area (Å²) in [4.78, 5) is 46.3. The molecule has 0 spiro atoms. The van der Waals surface area contributed by atoms with E-state index >= 15 is 0 Å². The summed E-state index contributed by atoms with van der Waals surface area (Å²) in [6.45, 7) is 0.211. The van der Waals surface area contributed by atoms with Crippen molar-refractivity contribution in [3.05, 3.63) is 98.5 Å². The second kappa shape index (κ2) is 9.66. The summed E-state index contributed by atoms with van der Waals surface area (Å²) in [6, 6.07) is 18.6. The van der Waals surface area contributed by atoms with Gasteiger partial charge in [0.15, 0.2) is 0 Å². The van der Waals surface area contributed by atoms with Crippen LogP contribution in [0, 0.1) is 0 Å². The van der Waals surface area contributed by atoms with E-state index < -0.39 is 16.4 Å². The summed E-state index contributed by atoms with van der Waals surface area (Å²) in [6.07, 6.45) is 3.51. The van der Waals surface area contributed by atoms with Gasteiger partial charge in [0, 0.05) is 28.9 Å². The van der Waals surface area contributed by atoms with E-state index in [2.05, 4.69) is 31.3 Å². The fourth-order valence-electron chi connectivity index (χ4n) is 4.13. The number of hydrogen-bond acceptors (Lipinski definition) is 8. The summed E-state index contributed by atoms with van der Waals surface area (Å²) in [5.41, 5.74) is 3.70. The average Bonchev–Trinajstić information content (AvgIpc) is 3.47. The molecule has 0 radical (unpaired) electrons. The maximum Gasteiger partial charge on any atom is 0.286 e. The molecule has 1 aliphatic rings. The maximum absolute atomic E-state index is 13.2. The zero-order valence-corrected chi connectivity index (χ0v) is 22.1. The third kappa shape index (κ3) is 4.50. The number of aromatic nitrogens is 4. The smallest absolute Gasteiger partial charge is 0.286 e. The van der Waals surface area contributed by atoms with Gasteiger partial charge in [0.25, 0.3) is 10.8 Å². The molecule has 5 aromatic rings. The van der Waals surface area contributed by atoms with Crippen LogP contribution in [0.2, 0.25) is 0 Å². The molecule has 1 fully saturated rings. The lowest BCUT2D eigenvalue weighted by Gasteiger charge is -2.13. The number of nitrogens with one attached hydrogen (secondary N) is 1. The Morgan fingerprint density at radius 1 is 0.946 bits per heavy atom. The first-order chi connectivity index (χ1) is 18.0. The van der Waals surface area contributed by atoms with Crippen LogP contribution in [-0.2, 0) is 11.3 Å². The van der Waals surface area contributed by atoms with Gasteiger partial charge in [-0.15, -0.1) is 11.3 Å². The topological polar surface area (TPSA) is 107 Å². The van der Waals surface area contributed by atoms with Gasteiger partial charge in [0.1, 0.15) is 10.3 Å². The number of nitrogens with zero attached hydrogens (tertiary/aromatic N) is 4. The highest BCUT2D eigenvalue weighted by molar-refractivity contribution is 9.11. The van der Waals surface area contributed by atoms with Crippen LogP contribution >= 0.6 is 39.0 Å². The normalized spacial score (nSPS) is 15.3. The van der Waals surface area contributed by atoms with Gasteiger partial charge < -0.3 is 0 Å². The van der Waals surface area contributed by atoms with Gasteiger partial charge in [-0.05, 0) is 51.5 Å². The molecule has 37 heavy (non-hydrogen) atoms. The molecule has 182 valence electrons. The van der Waals surface area contributed by atoms with Crippen LogP contribution in [0.3, 0.4) is 0 Å². The number of benzene rings is 2. The number of pyridine rings is 1. The van der Waals surface area contributed by atoms with E-state index in [0.717, 1.165) is 42.9 Å². The van der Waals surface area contributed by atoms with Crippen molar-refractivity contribution in [3.8, 4) is 21.8 Å². The Bertz CT molecular complexity index is 1740. The largest absolute Gasteiger partial charge is 0.286 e. The Kier molecular flexibility index (Phi) is 6.19. The lowest BCUT2D eigenvalue weighted by molar-refractivity contribution is -0.119. The third-order valence-corrected chi connectivity index (χ3v) is 8.63. The van der Waals surface area contributed by atoms with Gasteiger partial charge in [0.05, 0.1) is 27.1 Å². The summed E-state index contributed by atoms with van der Waals surface area (Å²) < 4.78 is 2.26. The minimum atomic E-state index is -0.803. The lowest BCUT2D eigenvalue weighted by Crippen LogP contribution is -2.27. The van der Waals surface area contributed by atoms with Crippen molar-refractivity contribution >= 4 is 60.9 Å². The molecular weight excluding hydrogens is 574 g/mol. The fourth-order valence-corrected chi connectivity index (χ4v) is 6.54. The van der Waals surface area contributed by atoms with E-state index in [9.17, 15) is 14.4 Å². The molecule has 4 heterocycles. The predicted molar refractivity (Wildman–Crippen MR) is 147 cm³/mol. The average molecular weight is 590 g/mol. The minimum absolute atomic E-state index is 0.211. The number of imide groups is 1. The van der Waals surface area contributed by atoms with Gasteiger partial charge in [-0.2, -0.15) is 5.10 Å². The summed E-state index contributed by atoms with van der Waals surface area (Å²) in [7, 11) is 0. The van der Waals surface area contributed by atoms with Crippen LogP contribution in [0.4, 0.5) is 4.79 Å². The van der Waals surface area contributed by atoms with Gasteiger partial charge in [0.2, 0.25) is 5.91 Å². The number of halogens is 1. The van der Waals surface area contributed by atoms with Crippen LogP contribution in [0.5, 0.6) is 0 Å². The summed E-state index contributed by atoms with van der Waals surface area (Å²) in [5.74, 6) is -0.429. The van der Waals surface area contributed by atoms with Crippen molar-refractivity contribution in [2.24, 2.45) is 0 Å². The number of thiazole rings is 1. The molecule has 0 bridgehead atoms. The molecule has 2 amide bonds. The van der Waals surface area contributed by atoms with Gasteiger partial charge in [-0.25, -0.2) is 9.67 Å². The van der Waals surface area contributed by atoms with Crippen molar-refractivity contribution in [1.29, 1.82) is 0 Å². The fraction of sp³-hybridized carbons (Fsp3) is 0.0769. The Morgan fingerprint density at radius 2 is 1.73 bits per heavy atom. The first kappa shape index (κ1) is 23.7. The van der Waals surface area contributed by atoms with Crippen molar-refractivity contribution in [2.75, 3.05) is 0 Å². The second-order valence-electron chi connectivity index (χ2n) is 8.25. The van der Waals surface area contributed by atoms with Gasteiger partial charge in [-0.3, -0.25) is 24.7 Å². The Labute approximate surface area is 226 Å². The number of amides is 2. The monoisotopic (exact) mass is 589 g/mol. The van der Waals surface area contributed by atoms with Crippen molar-refractivity contribution in [3.63, 3.8) is 0 Å². The summed E-state index contributed by atoms with van der Waals surface area (Å²) in [5, 5.41) is 7.50. The molecule has 6 rings (SSSR count). The van der Waals surface area contributed by atoms with Crippen molar-refractivity contribution in [2.45, 2.75) is 11.8 Å². The zero-order valence-electron chi connectivity index (χ0n) is 18.9. The minimum Gasteiger partial charge on any atom is -0.286 e. The molecule has 8 nitrogen and oxygen atoms in total. The van der Waals surface area contributed by atoms with Gasteiger partial charge >= 0.3 is 0 Å². The number of fused-ring (bicyclic) bond motifs is 1. The number of hydrogen-bond donors (Lipinski definition) is 1. The van der Waals surface area contributed by atoms with E-state index in [1.165, 1.54) is 16.0 Å². The molecule has 2 aromatic carbocycles. The molecule has 0 aliphatic carbocycles. The molecule has 1 unspecified atom stereocenters. The number of thioether (sulfide) groups is 1. The molecule has 1 saturated heterocycles. The van der Waals surface area contributed by atoms with E-state index in [0.29, 0.717) is 16.5 Å². The third-order valence-electron chi connectivity index (χ3n) is 5.89. The molecule has 11 heteroatoms. The lowest BCUT2D eigenvalue weighted by atomic mass is 10.1. The first-order valence-corrected chi connectivity index (χ1v) is 13.6. The maximum atomic E-state index is 13.2. The molecular formula is C26H16BrN5O3S2. The Hall–Kier alpha value is -3.67. The highest BCUT2D eigenvalue weighted by atomic mass is 79.9. The van der Waals surface area contributed by atoms with E-state index in [1.54, 1.807) is 36.7 Å². The van der Waals surface area contributed by atoms with Crippen LogP contribution in [-0.4, -0.2) is 30.9 Å². The van der Waals surface area contributed by atoms with Crippen molar-refractivity contribution < 1.29 is 9.59 Å². The van der Waals surface area contributed by atoms with Crippen LogP contribution in [0.25, 0.3) is 32.6 Å². The molecule has 3 aromatic heterocycles. The highest BCUT2D eigenvalue weighted by Gasteiger charge is 2.36. The highest BCUT2D eigenvalue weighted by Crippen LogP contribution is 2.38. The molecule has 1 aliphatic heterocycles. The van der Waals surface area contributed by atoms with Crippen LogP contribution in [0.15, 0.2) is 81.6 Å². The second-order valence-corrected chi connectivity index (χ2v) is 11.6. The zero-order chi connectivity index (χ0) is 25.5. The van der Waals surface area contributed by atoms with E-state index in [-0.39, 0.29) is 12.1 Å². The van der Waals surface area contributed by atoms with E-state index in [1.807, 2.05) is 36.4 Å². The first-order valence-electron chi connectivity index (χ1n) is 11.2. The molecule has 1 atom stereocenters. The Balaban J connectivity index is 1.33. The molecule has 1 N–H and O–H groups in total. The number of carbonyl (C=O) groups is 2. The SMILES string of the molecule is O=C1NC(=O)C(c2nn(Cc3ccc(-c4nc(-c5cccnc5)sc4Br)cc3)c(=O)c3ccccc23)S1. The predicted octanol–water partition coefficient (Wildman–Crippen LogP) is 5.42. The number of carbonyl (C=O) groups excluding carboxylic acids is 2. The standard InChI is InChI=1S/C26H16BrN5O3S2/c27-22-19(29-24(37-22)16-4-3-11-28-12-16)15-9-7-14(8-10-15)13-32-25(34)18-6-2-1-5-17(18)20(31-32)21-23(33)30-26(35)36-21/h1-12,21H,13H2,(H,30,33,35). The van der Waals surface area contributed by atoms with Gasteiger partial charge in [-0.1, -0.05) is 42.5 Å². The van der Waals surface area contributed by atoms with Crippen LogP contribution < -0.4 is 10.9 Å². The number of rotatable bonds is 5. The van der Waals surface area contributed by atoms with Crippen molar-refractivity contribution in [1.82, 2.24) is 25.1 Å². The van der Waals surface area contributed by atoms with E-state index in [4.69, 9.17) is 4.98 Å². The molecule has 0 saturated carbocycles. The Morgan fingerprint density at radius 3 is 2.43 bits per heavy atom. The quantitative estimate of drug-likeness (QED) is 0.292.